The monoisotopic (exact) mass is 420 g/mol. The number of hydrogen-bond acceptors (Lipinski definition) is 3. The normalized spacial score (nSPS) is 14.2. The highest BCUT2D eigenvalue weighted by atomic mass is 16.3. The van der Waals surface area contributed by atoms with Gasteiger partial charge < -0.3 is 4.42 Å². The molecule has 3 heteroatoms. The van der Waals surface area contributed by atoms with Crippen LogP contribution in [0.4, 0.5) is 0 Å². The van der Waals surface area contributed by atoms with E-state index in [1.54, 1.807) is 0 Å². The van der Waals surface area contributed by atoms with Crippen molar-refractivity contribution >= 4 is 11.0 Å². The lowest BCUT2D eigenvalue weighted by Crippen LogP contribution is -2.31. The lowest BCUT2D eigenvalue weighted by atomic mass is 9.72. The maximum atomic E-state index is 10.3. The fourth-order valence-corrected chi connectivity index (χ4v) is 5.09. The minimum absolute atomic E-state index is 0.599. The molecule has 3 nitrogen and oxygen atoms in total. The van der Waals surface area contributed by atoms with Gasteiger partial charge >= 0.3 is 0 Å². The van der Waals surface area contributed by atoms with E-state index in [2.05, 4.69) is 53.4 Å². The topological polar surface area (TPSA) is 40.2 Å². The Morgan fingerprint density at radius 3 is 2.19 bits per heavy atom. The molecule has 0 saturated carbocycles. The van der Waals surface area contributed by atoms with Crippen molar-refractivity contribution in [1.82, 2.24) is 4.90 Å². The molecule has 5 rings (SSSR count). The fourth-order valence-electron chi connectivity index (χ4n) is 5.09. The first-order valence-corrected chi connectivity index (χ1v) is 11.5. The summed E-state index contributed by atoms with van der Waals surface area (Å²) in [6.45, 7) is 3.03. The Kier molecular flexibility index (Phi) is 5.79. The first-order chi connectivity index (χ1) is 15.8. The van der Waals surface area contributed by atoms with Gasteiger partial charge in [0.2, 0.25) is 0 Å². The molecule has 1 aromatic heterocycles. The molecule has 0 saturated heterocycles. The molecule has 2 heterocycles. The van der Waals surface area contributed by atoms with Crippen molar-refractivity contribution in [3.8, 4) is 6.07 Å². The van der Waals surface area contributed by atoms with Crippen LogP contribution in [0.3, 0.4) is 0 Å². The number of unbranched alkanes of at least 4 members (excludes halogenated alkanes) is 1. The molecule has 0 N–H and O–H groups in total. The number of nitriles is 1. The van der Waals surface area contributed by atoms with E-state index >= 15 is 0 Å². The van der Waals surface area contributed by atoms with Crippen LogP contribution < -0.4 is 0 Å². The summed E-state index contributed by atoms with van der Waals surface area (Å²) in [5.41, 5.74) is 3.93. The molecule has 0 aliphatic carbocycles. The van der Waals surface area contributed by atoms with Crippen molar-refractivity contribution in [2.45, 2.75) is 37.6 Å². The summed E-state index contributed by atoms with van der Waals surface area (Å²) in [5.74, 6) is 1.15. The van der Waals surface area contributed by atoms with Gasteiger partial charge in [0.1, 0.15) is 16.8 Å². The highest BCUT2D eigenvalue weighted by Gasteiger charge is 2.34. The Morgan fingerprint density at radius 2 is 1.50 bits per heavy atom. The van der Waals surface area contributed by atoms with E-state index in [9.17, 15) is 5.26 Å². The maximum absolute atomic E-state index is 10.3. The zero-order chi connectivity index (χ0) is 21.8. The molecule has 3 aromatic carbocycles. The van der Waals surface area contributed by atoms with E-state index in [1.165, 1.54) is 10.9 Å². The van der Waals surface area contributed by atoms with Crippen LogP contribution in [0.1, 0.15) is 41.7 Å². The molecule has 0 fully saturated rings. The number of para-hydroxylation sites is 1. The molecule has 32 heavy (non-hydrogen) atoms. The highest BCUT2D eigenvalue weighted by Crippen LogP contribution is 2.37. The van der Waals surface area contributed by atoms with Crippen molar-refractivity contribution in [1.29, 1.82) is 5.26 Å². The third kappa shape index (κ3) is 3.83. The van der Waals surface area contributed by atoms with E-state index in [4.69, 9.17) is 4.42 Å². The van der Waals surface area contributed by atoms with Crippen molar-refractivity contribution in [3.63, 3.8) is 0 Å². The Bertz CT molecular complexity index is 1180. The molecule has 0 unspecified atom stereocenters. The van der Waals surface area contributed by atoms with Crippen LogP contribution in [0.15, 0.2) is 89.3 Å². The van der Waals surface area contributed by atoms with Gasteiger partial charge in [-0.3, -0.25) is 4.90 Å². The van der Waals surface area contributed by atoms with Crippen LogP contribution in [-0.4, -0.2) is 18.0 Å². The molecule has 0 radical (unpaired) electrons. The predicted molar refractivity (Wildman–Crippen MR) is 128 cm³/mol. The maximum Gasteiger partial charge on any atom is 0.134 e. The van der Waals surface area contributed by atoms with E-state index in [1.807, 2.05) is 42.5 Å². The SMILES string of the molecule is N#CC(CCCCN1CCc2oc3ccccc3c2C1)(c1ccccc1)c1ccccc1. The fraction of sp³-hybridized carbons (Fsp3) is 0.276. The second kappa shape index (κ2) is 9.02. The van der Waals surface area contributed by atoms with Crippen LogP contribution in [0.5, 0.6) is 0 Å². The van der Waals surface area contributed by atoms with Gasteiger partial charge in [-0.2, -0.15) is 5.26 Å². The van der Waals surface area contributed by atoms with Gasteiger partial charge in [0.05, 0.1) is 6.07 Å². The molecule has 0 bridgehead atoms. The summed E-state index contributed by atoms with van der Waals surface area (Å²) >= 11 is 0. The van der Waals surface area contributed by atoms with Gasteiger partial charge in [-0.15, -0.1) is 0 Å². The minimum Gasteiger partial charge on any atom is -0.461 e. The number of benzene rings is 3. The van der Waals surface area contributed by atoms with Crippen LogP contribution >= 0.6 is 0 Å². The molecular formula is C29H28N2O. The summed E-state index contributed by atoms with van der Waals surface area (Å²) in [4.78, 5) is 2.53. The molecule has 1 aliphatic rings. The summed E-state index contributed by atoms with van der Waals surface area (Å²) in [6, 6.07) is 31.6. The quantitative estimate of drug-likeness (QED) is 0.322. The van der Waals surface area contributed by atoms with Crippen molar-refractivity contribution < 1.29 is 4.42 Å². The van der Waals surface area contributed by atoms with Crippen molar-refractivity contribution in [3.05, 3.63) is 107 Å². The van der Waals surface area contributed by atoms with Gasteiger partial charge in [-0.05, 0) is 43.0 Å². The highest BCUT2D eigenvalue weighted by molar-refractivity contribution is 5.82. The standard InChI is InChI=1S/C29H28N2O/c30-22-29(23-11-3-1-4-12-23,24-13-5-2-6-14-24)18-9-10-19-31-20-17-28-26(21-31)25-15-7-8-16-27(25)32-28/h1-8,11-16H,9-10,17-21H2. The van der Waals surface area contributed by atoms with Gasteiger partial charge in [0.15, 0.2) is 0 Å². The summed E-state index contributed by atoms with van der Waals surface area (Å²) < 4.78 is 6.06. The van der Waals surface area contributed by atoms with Crippen molar-refractivity contribution in [2.24, 2.45) is 0 Å². The van der Waals surface area contributed by atoms with Gasteiger partial charge in [0.25, 0.3) is 0 Å². The third-order valence-corrected chi connectivity index (χ3v) is 6.82. The molecule has 0 amide bonds. The molecular weight excluding hydrogens is 392 g/mol. The van der Waals surface area contributed by atoms with E-state index in [0.29, 0.717) is 0 Å². The van der Waals surface area contributed by atoms with Crippen LogP contribution in [0.25, 0.3) is 11.0 Å². The van der Waals surface area contributed by atoms with Crippen LogP contribution in [0, 0.1) is 11.3 Å². The van der Waals surface area contributed by atoms with Crippen LogP contribution in [0.2, 0.25) is 0 Å². The average molecular weight is 421 g/mol. The number of nitrogens with zero attached hydrogens (tertiary/aromatic N) is 2. The lowest BCUT2D eigenvalue weighted by molar-refractivity contribution is 0.237. The largest absolute Gasteiger partial charge is 0.461 e. The summed E-state index contributed by atoms with van der Waals surface area (Å²) in [7, 11) is 0. The Labute approximate surface area is 189 Å². The van der Waals surface area contributed by atoms with E-state index in [0.717, 1.165) is 67.8 Å². The van der Waals surface area contributed by atoms with Crippen LogP contribution in [-0.2, 0) is 18.4 Å². The van der Waals surface area contributed by atoms with Gasteiger partial charge in [0, 0.05) is 30.5 Å². The zero-order valence-corrected chi connectivity index (χ0v) is 18.3. The zero-order valence-electron chi connectivity index (χ0n) is 18.3. The summed E-state index contributed by atoms with van der Waals surface area (Å²) in [6.07, 6.45) is 3.88. The molecule has 160 valence electrons. The first kappa shape index (κ1) is 20.5. The van der Waals surface area contributed by atoms with Gasteiger partial charge in [-0.25, -0.2) is 0 Å². The number of hydrogen-bond donors (Lipinski definition) is 0. The average Bonchev–Trinajstić information content (AvgIpc) is 3.23. The van der Waals surface area contributed by atoms with E-state index < -0.39 is 5.41 Å². The second-order valence-electron chi connectivity index (χ2n) is 8.73. The Morgan fingerprint density at radius 1 is 0.844 bits per heavy atom. The second-order valence-corrected chi connectivity index (χ2v) is 8.73. The van der Waals surface area contributed by atoms with Gasteiger partial charge in [-0.1, -0.05) is 78.9 Å². The molecule has 0 atom stereocenters. The molecule has 0 spiro atoms. The Hall–Kier alpha value is -3.35. The predicted octanol–water partition coefficient (Wildman–Crippen LogP) is 6.47. The number of rotatable bonds is 7. The third-order valence-electron chi connectivity index (χ3n) is 6.82. The molecule has 1 aliphatic heterocycles. The first-order valence-electron chi connectivity index (χ1n) is 11.5. The smallest absolute Gasteiger partial charge is 0.134 e. The minimum atomic E-state index is -0.599. The Balaban J connectivity index is 1.27. The lowest BCUT2D eigenvalue weighted by Gasteiger charge is -2.29. The van der Waals surface area contributed by atoms with Crippen molar-refractivity contribution in [2.75, 3.05) is 13.1 Å². The van der Waals surface area contributed by atoms with E-state index in [-0.39, 0.29) is 0 Å². The number of furan rings is 1. The number of fused-ring (bicyclic) bond motifs is 3. The molecule has 4 aromatic rings. The summed E-state index contributed by atoms with van der Waals surface area (Å²) in [5, 5.41) is 11.6.